The van der Waals surface area contributed by atoms with Gasteiger partial charge in [-0.1, -0.05) is 116 Å². The van der Waals surface area contributed by atoms with Crippen molar-refractivity contribution in [1.29, 1.82) is 0 Å². The quantitative estimate of drug-likeness (QED) is 0.112. The topological polar surface area (TPSA) is 529 Å². The van der Waals surface area contributed by atoms with Crippen LogP contribution in [0.15, 0.2) is 0 Å². The molecule has 36 nitrogen and oxygen atoms in total. The van der Waals surface area contributed by atoms with Crippen molar-refractivity contribution < 1.29 is 104 Å². The van der Waals surface area contributed by atoms with E-state index in [1.807, 2.05) is 0 Å². The summed E-state index contributed by atoms with van der Waals surface area (Å²) in [7, 11) is 0. The Kier molecular flexibility index (Phi) is 30.3. The van der Waals surface area contributed by atoms with E-state index in [-0.39, 0.29) is 210 Å². The van der Waals surface area contributed by atoms with Crippen molar-refractivity contribution in [2.45, 2.75) is 418 Å². The molecular formula is C102H162Au2N24O12. The Bertz CT molecular complexity index is 3960. The Hall–Kier alpha value is -2.66. The van der Waals surface area contributed by atoms with Gasteiger partial charge in [-0.05, 0) is 278 Å². The minimum Gasteiger partial charge on any atom is -0.550 e. The molecule has 784 valence electrons. The fourth-order valence-corrected chi connectivity index (χ4v) is 37.9. The molecule has 0 amide bonds. The standard InChI is InChI=1S/3C34H56N8O4.2Au/c3*43-33(44)22-14-13-21-23(24(22)34(45)46)32-41-30-20-12-6-5-11-19(20)28(39-30)37-26-16-8-2-1-7-15(16)25(35-26)36-27-17-9-3-4-10-18(17)29(38-27)40-31(21)42-32;;/h3*15-32,35-42H,1-14H2,(H,43,44)(H,45,46);;/q;;;2*+3/p-6. The molecule has 12 aliphatic carbocycles. The molecule has 15 heterocycles. The minimum atomic E-state index is -1.27. The van der Waals surface area contributed by atoms with Gasteiger partial charge in [0.1, 0.15) is 0 Å². The van der Waals surface area contributed by atoms with Crippen molar-refractivity contribution in [3.05, 3.63) is 0 Å². The van der Waals surface area contributed by atoms with Gasteiger partial charge in [-0.25, -0.2) is 0 Å². The molecule has 15 aliphatic heterocycles. The number of hydrogen-bond donors (Lipinski definition) is 24. The maximum Gasteiger partial charge on any atom is 3.00 e. The molecule has 140 heavy (non-hydrogen) atoms. The molecule has 38 heteroatoms. The van der Waals surface area contributed by atoms with Gasteiger partial charge in [0.15, 0.2) is 0 Å². The fourth-order valence-electron chi connectivity index (χ4n) is 37.9. The minimum absolute atomic E-state index is 0. The largest absolute Gasteiger partial charge is 3.00 e. The van der Waals surface area contributed by atoms with E-state index >= 15 is 0 Å². The van der Waals surface area contributed by atoms with E-state index in [4.69, 9.17) is 0 Å². The van der Waals surface area contributed by atoms with E-state index in [0.717, 1.165) is 19.3 Å². The molecule has 27 fully saturated rings. The first kappa shape index (κ1) is 101. The van der Waals surface area contributed by atoms with Gasteiger partial charge >= 0.3 is 44.8 Å². The summed E-state index contributed by atoms with van der Waals surface area (Å²) in [4.78, 5) is 75.0. The average molecular weight is 2310 g/mol. The third-order valence-electron chi connectivity index (χ3n) is 43.8. The van der Waals surface area contributed by atoms with Crippen LogP contribution in [0, 0.1) is 178 Å². The molecule has 0 aromatic heterocycles. The zero-order valence-corrected chi connectivity index (χ0v) is 85.7. The van der Waals surface area contributed by atoms with Crippen LogP contribution < -0.4 is 158 Å². The van der Waals surface area contributed by atoms with Crippen LogP contribution in [0.5, 0.6) is 0 Å². The molecule has 27 aliphatic rings. The van der Waals surface area contributed by atoms with E-state index in [9.17, 15) is 59.4 Å². The Morgan fingerprint density at radius 2 is 0.229 bits per heavy atom. The number of hydrogen-bond acceptors (Lipinski definition) is 36. The smallest absolute Gasteiger partial charge is 0.550 e. The molecule has 27 rings (SSSR count). The number of carboxylic acids is 6. The van der Waals surface area contributed by atoms with Crippen LogP contribution in [0.1, 0.15) is 270 Å². The molecule has 15 saturated heterocycles. The van der Waals surface area contributed by atoms with E-state index in [1.54, 1.807) is 0 Å². The summed E-state index contributed by atoms with van der Waals surface area (Å²) in [5, 5.41) is 171. The maximum absolute atomic E-state index is 12.7. The monoisotopic (exact) mass is 2310 g/mol. The van der Waals surface area contributed by atoms with Crippen LogP contribution in [0.4, 0.5) is 0 Å². The number of carbonyl (C=O) groups excluding carboxylic acids is 6. The predicted molar refractivity (Wildman–Crippen MR) is 495 cm³/mol. The number of rotatable bonds is 6. The van der Waals surface area contributed by atoms with E-state index < -0.39 is 89.1 Å². The zero-order valence-electron chi connectivity index (χ0n) is 81.4. The van der Waals surface area contributed by atoms with Gasteiger partial charge in [0.25, 0.3) is 0 Å². The first-order valence-electron chi connectivity index (χ1n) is 56.8. The SMILES string of the molecule is O=C([O-])C1CCC2C3NC4NC(NC5NC(NC6NC(NC(N3)C2C1C(=O)[O-])C1CCCCC61)C1CCCCC51)C1CCCCC41.O=C([O-])C1CCC2C3NC4NC(NC5NC(NC6NC(NC(N3)C2C1C(=O)[O-])C1CCCCC61)C1CCCCC51)C1CCCCC41.O=C([O-])C1CCC2C3NC4NC(NC5NC(NC6NC(NC(N3)C2C1C(=O)[O-])C1CCCCC61)C1CCCCC51)C1CCCCC41.[Au+3].[Au+3]. The van der Waals surface area contributed by atoms with Crippen LogP contribution in [-0.2, 0) is 73.5 Å². The van der Waals surface area contributed by atoms with Gasteiger partial charge in [-0.3, -0.25) is 128 Å². The van der Waals surface area contributed by atoms with E-state index in [0.29, 0.717) is 145 Å². The summed E-state index contributed by atoms with van der Waals surface area (Å²) in [6.07, 6.45) is 48.6. The van der Waals surface area contributed by atoms with Crippen LogP contribution in [0.3, 0.4) is 0 Å². The molecule has 0 spiro atoms. The van der Waals surface area contributed by atoms with Crippen molar-refractivity contribution in [2.75, 3.05) is 0 Å². The molecule has 0 aromatic carbocycles. The molecule has 24 N–H and O–H groups in total. The third kappa shape index (κ3) is 18.5. The van der Waals surface area contributed by atoms with E-state index in [1.165, 1.54) is 212 Å². The molecule has 54 unspecified atom stereocenters. The number of aliphatic carboxylic acids is 6. The number of fused-ring (bicyclic) bond motifs is 60. The fraction of sp³-hybridized carbons (Fsp3) is 0.941. The van der Waals surface area contributed by atoms with Gasteiger partial charge in [0, 0.05) is 89.1 Å². The second-order valence-electron chi connectivity index (χ2n) is 49.7. The van der Waals surface area contributed by atoms with Gasteiger partial charge in [0.2, 0.25) is 0 Å². The van der Waals surface area contributed by atoms with Crippen molar-refractivity contribution in [3.63, 3.8) is 0 Å². The molecule has 0 aromatic rings. The Labute approximate surface area is 857 Å². The van der Waals surface area contributed by atoms with Crippen LogP contribution in [-0.4, -0.2) is 184 Å². The summed E-state index contributed by atoms with van der Waals surface area (Å²) < 4.78 is 0. The molecule has 54 atom stereocenters. The van der Waals surface area contributed by atoms with Gasteiger partial charge in [0.05, 0.1) is 148 Å². The second kappa shape index (κ2) is 42.2. The second-order valence-corrected chi connectivity index (χ2v) is 49.7. The number of carboxylic acid groups (broad SMARTS) is 6. The number of nitrogens with one attached hydrogen (secondary N) is 24. The van der Waals surface area contributed by atoms with Crippen molar-refractivity contribution >= 4 is 35.8 Å². The van der Waals surface area contributed by atoms with Crippen molar-refractivity contribution in [1.82, 2.24) is 128 Å². The summed E-state index contributed by atoms with van der Waals surface area (Å²) in [6.45, 7) is 0. The summed E-state index contributed by atoms with van der Waals surface area (Å²) in [6, 6.07) is 0. The van der Waals surface area contributed by atoms with Gasteiger partial charge in [-0.2, -0.15) is 0 Å². The molecule has 24 bridgehead atoms. The molecular weight excluding hydrogens is 2150 g/mol. The van der Waals surface area contributed by atoms with Crippen LogP contribution >= 0.6 is 0 Å². The number of carbonyl (C=O) groups is 6. The summed E-state index contributed by atoms with van der Waals surface area (Å²) in [5.41, 5.74) is 0. The first-order valence-corrected chi connectivity index (χ1v) is 56.8. The average Bonchev–Trinajstić information content (AvgIpc) is 1.59. The zero-order chi connectivity index (χ0) is 93.3. The normalized spacial score (nSPS) is 53.9. The van der Waals surface area contributed by atoms with Crippen molar-refractivity contribution in [2.24, 2.45) is 178 Å². The molecule has 12 saturated carbocycles. The summed E-state index contributed by atoms with van der Waals surface area (Å²) >= 11 is 0. The molecule has 0 radical (unpaired) electrons. The van der Waals surface area contributed by atoms with Crippen LogP contribution in [0.2, 0.25) is 0 Å². The predicted octanol–water partition coefficient (Wildman–Crippen LogP) is -4.33. The van der Waals surface area contributed by atoms with Crippen LogP contribution in [0.25, 0.3) is 0 Å². The first-order chi connectivity index (χ1) is 67.3. The van der Waals surface area contributed by atoms with Gasteiger partial charge in [-0.15, -0.1) is 0 Å². The Balaban J connectivity index is 0.000000116. The van der Waals surface area contributed by atoms with Crippen molar-refractivity contribution in [3.8, 4) is 0 Å². The van der Waals surface area contributed by atoms with Gasteiger partial charge < -0.3 is 59.4 Å². The Morgan fingerprint density at radius 3 is 0.329 bits per heavy atom. The Morgan fingerprint density at radius 1 is 0.129 bits per heavy atom. The van der Waals surface area contributed by atoms with E-state index in [2.05, 4.69) is 128 Å². The third-order valence-corrected chi connectivity index (χ3v) is 43.8. The summed E-state index contributed by atoms with van der Waals surface area (Å²) in [5.74, 6) is -5.85. The maximum atomic E-state index is 12.7.